The molecule has 0 N–H and O–H groups in total. The van der Waals surface area contributed by atoms with Crippen LogP contribution in [0.1, 0.15) is 17.4 Å². The fraction of sp³-hybridized carbons (Fsp3) is 0.273. The van der Waals surface area contributed by atoms with Crippen LogP contribution in [0.5, 0.6) is 5.88 Å². The Labute approximate surface area is 87.5 Å². The molecule has 0 aliphatic heterocycles. The van der Waals surface area contributed by atoms with Crippen LogP contribution in [0.3, 0.4) is 0 Å². The molecule has 0 radical (unpaired) electrons. The van der Waals surface area contributed by atoms with Crippen molar-refractivity contribution in [2.45, 2.75) is 13.5 Å². The van der Waals surface area contributed by atoms with E-state index in [1.54, 1.807) is 19.2 Å². The van der Waals surface area contributed by atoms with Gasteiger partial charge in [-0.15, -0.1) is 0 Å². The first kappa shape index (κ1) is 9.71. The van der Waals surface area contributed by atoms with Gasteiger partial charge < -0.3 is 9.30 Å². The number of carbonyl (C=O) groups is 1. The molecular weight excluding hydrogens is 192 g/mol. The maximum Gasteiger partial charge on any atom is 0.213 e. The SMILES string of the molecule is CCn1c(C=O)cc2nc(OC)ccc21. The number of methoxy groups -OCH3 is 1. The Morgan fingerprint density at radius 2 is 2.33 bits per heavy atom. The van der Waals surface area contributed by atoms with Gasteiger partial charge in [0.2, 0.25) is 5.88 Å². The number of carbonyl (C=O) groups excluding carboxylic acids is 1. The second-order valence-corrected chi connectivity index (χ2v) is 3.19. The predicted octanol–water partition coefficient (Wildman–Crippen LogP) is 1.88. The Kier molecular flexibility index (Phi) is 2.41. The summed E-state index contributed by atoms with van der Waals surface area (Å²) in [5.41, 5.74) is 2.40. The third-order valence-electron chi connectivity index (χ3n) is 2.41. The van der Waals surface area contributed by atoms with Crippen molar-refractivity contribution in [3.8, 4) is 5.88 Å². The summed E-state index contributed by atoms with van der Waals surface area (Å²) >= 11 is 0. The molecule has 2 aromatic rings. The molecule has 0 spiro atoms. The fourth-order valence-corrected chi connectivity index (χ4v) is 1.70. The van der Waals surface area contributed by atoms with E-state index in [9.17, 15) is 4.79 Å². The molecule has 2 heterocycles. The van der Waals surface area contributed by atoms with Crippen LogP contribution in [-0.4, -0.2) is 22.9 Å². The quantitative estimate of drug-likeness (QED) is 0.717. The first-order valence-corrected chi connectivity index (χ1v) is 4.79. The van der Waals surface area contributed by atoms with Crippen molar-refractivity contribution in [1.82, 2.24) is 9.55 Å². The molecule has 2 rings (SSSR count). The van der Waals surface area contributed by atoms with E-state index < -0.39 is 0 Å². The molecule has 15 heavy (non-hydrogen) atoms. The zero-order valence-electron chi connectivity index (χ0n) is 8.73. The number of nitrogens with zero attached hydrogens (tertiary/aromatic N) is 2. The smallest absolute Gasteiger partial charge is 0.213 e. The number of pyridine rings is 1. The van der Waals surface area contributed by atoms with Crippen molar-refractivity contribution < 1.29 is 9.53 Å². The van der Waals surface area contributed by atoms with Crippen molar-refractivity contribution >= 4 is 17.3 Å². The van der Waals surface area contributed by atoms with Gasteiger partial charge in [0, 0.05) is 12.6 Å². The topological polar surface area (TPSA) is 44.1 Å². The highest BCUT2D eigenvalue weighted by atomic mass is 16.5. The molecule has 2 aromatic heterocycles. The van der Waals surface area contributed by atoms with E-state index in [4.69, 9.17) is 4.74 Å². The van der Waals surface area contributed by atoms with Crippen molar-refractivity contribution in [3.05, 3.63) is 23.9 Å². The van der Waals surface area contributed by atoms with Crippen molar-refractivity contribution in [3.63, 3.8) is 0 Å². The summed E-state index contributed by atoms with van der Waals surface area (Å²) in [5, 5.41) is 0. The summed E-state index contributed by atoms with van der Waals surface area (Å²) in [7, 11) is 1.58. The minimum Gasteiger partial charge on any atom is -0.481 e. The zero-order chi connectivity index (χ0) is 10.8. The van der Waals surface area contributed by atoms with E-state index in [1.807, 2.05) is 17.6 Å². The lowest BCUT2D eigenvalue weighted by molar-refractivity contribution is 0.111. The maximum atomic E-state index is 10.8. The first-order chi connectivity index (χ1) is 7.30. The Morgan fingerprint density at radius 1 is 1.53 bits per heavy atom. The van der Waals surface area contributed by atoms with Crippen LogP contribution in [-0.2, 0) is 6.54 Å². The minimum atomic E-state index is 0.563. The monoisotopic (exact) mass is 204 g/mol. The molecule has 0 bridgehead atoms. The highest BCUT2D eigenvalue weighted by Gasteiger charge is 2.08. The van der Waals surface area contributed by atoms with Gasteiger partial charge in [0.25, 0.3) is 0 Å². The van der Waals surface area contributed by atoms with E-state index in [-0.39, 0.29) is 0 Å². The summed E-state index contributed by atoms with van der Waals surface area (Å²) in [4.78, 5) is 15.1. The van der Waals surface area contributed by atoms with Gasteiger partial charge in [0.1, 0.15) is 0 Å². The molecule has 4 nitrogen and oxygen atoms in total. The average molecular weight is 204 g/mol. The number of fused-ring (bicyclic) bond motifs is 1. The number of aromatic nitrogens is 2. The Balaban J connectivity index is 2.70. The number of aryl methyl sites for hydroxylation is 1. The summed E-state index contributed by atoms with van der Waals surface area (Å²) in [5.74, 6) is 0.563. The van der Waals surface area contributed by atoms with Crippen LogP contribution >= 0.6 is 0 Å². The van der Waals surface area contributed by atoms with Gasteiger partial charge in [-0.05, 0) is 19.1 Å². The normalized spacial score (nSPS) is 10.5. The van der Waals surface area contributed by atoms with E-state index in [0.717, 1.165) is 23.9 Å². The molecule has 0 atom stereocenters. The first-order valence-electron chi connectivity index (χ1n) is 4.79. The van der Waals surface area contributed by atoms with Gasteiger partial charge in [0.15, 0.2) is 6.29 Å². The standard InChI is InChI=1S/C11H12N2O2/c1-3-13-8(7-14)6-9-10(13)4-5-11(12-9)15-2/h4-7H,3H2,1-2H3. The van der Waals surface area contributed by atoms with E-state index >= 15 is 0 Å². The van der Waals surface area contributed by atoms with Crippen LogP contribution in [0.25, 0.3) is 11.0 Å². The summed E-state index contributed by atoms with van der Waals surface area (Å²) in [6.07, 6.45) is 0.845. The number of hydrogen-bond acceptors (Lipinski definition) is 3. The molecule has 0 aliphatic rings. The second kappa shape index (κ2) is 3.73. The van der Waals surface area contributed by atoms with Gasteiger partial charge in [-0.25, -0.2) is 4.98 Å². The molecule has 0 amide bonds. The van der Waals surface area contributed by atoms with Gasteiger partial charge in [-0.3, -0.25) is 4.79 Å². The van der Waals surface area contributed by atoms with Gasteiger partial charge in [-0.1, -0.05) is 0 Å². The lowest BCUT2D eigenvalue weighted by Crippen LogP contribution is -1.98. The summed E-state index contributed by atoms with van der Waals surface area (Å²) in [6, 6.07) is 5.48. The highest BCUT2D eigenvalue weighted by Crippen LogP contribution is 2.20. The minimum absolute atomic E-state index is 0.563. The average Bonchev–Trinajstić information content (AvgIpc) is 2.65. The van der Waals surface area contributed by atoms with Crippen LogP contribution in [0.15, 0.2) is 18.2 Å². The summed E-state index contributed by atoms with van der Waals surface area (Å²) < 4.78 is 6.96. The molecule has 0 saturated heterocycles. The van der Waals surface area contributed by atoms with Crippen LogP contribution < -0.4 is 4.74 Å². The molecule has 0 fully saturated rings. The lowest BCUT2D eigenvalue weighted by atomic mass is 10.4. The van der Waals surface area contributed by atoms with Crippen molar-refractivity contribution in [1.29, 1.82) is 0 Å². The van der Waals surface area contributed by atoms with E-state index in [1.165, 1.54) is 0 Å². The van der Waals surface area contributed by atoms with Crippen LogP contribution in [0.2, 0.25) is 0 Å². The van der Waals surface area contributed by atoms with E-state index in [2.05, 4.69) is 4.98 Å². The lowest BCUT2D eigenvalue weighted by Gasteiger charge is -2.03. The van der Waals surface area contributed by atoms with Crippen molar-refractivity contribution in [2.24, 2.45) is 0 Å². The number of hydrogen-bond donors (Lipinski definition) is 0. The third-order valence-corrected chi connectivity index (χ3v) is 2.41. The second-order valence-electron chi connectivity index (χ2n) is 3.19. The van der Waals surface area contributed by atoms with Crippen molar-refractivity contribution in [2.75, 3.05) is 7.11 Å². The molecular formula is C11H12N2O2. The predicted molar refractivity (Wildman–Crippen MR) is 57.3 cm³/mol. The Morgan fingerprint density at radius 3 is 2.93 bits per heavy atom. The number of rotatable bonds is 3. The largest absolute Gasteiger partial charge is 0.481 e. The van der Waals surface area contributed by atoms with Crippen LogP contribution in [0, 0.1) is 0 Å². The highest BCUT2D eigenvalue weighted by molar-refractivity contribution is 5.86. The molecule has 4 heteroatoms. The molecule has 0 saturated carbocycles. The molecule has 0 aliphatic carbocycles. The van der Waals surface area contributed by atoms with Gasteiger partial charge in [0.05, 0.1) is 23.8 Å². The van der Waals surface area contributed by atoms with E-state index in [0.29, 0.717) is 11.6 Å². The van der Waals surface area contributed by atoms with Gasteiger partial charge >= 0.3 is 0 Å². The Bertz CT molecular complexity index is 503. The number of ether oxygens (including phenoxy) is 1. The Hall–Kier alpha value is -1.84. The van der Waals surface area contributed by atoms with Crippen LogP contribution in [0.4, 0.5) is 0 Å². The molecule has 0 unspecified atom stereocenters. The zero-order valence-corrected chi connectivity index (χ0v) is 8.73. The third kappa shape index (κ3) is 1.48. The number of aldehydes is 1. The summed E-state index contributed by atoms with van der Waals surface area (Å²) in [6.45, 7) is 2.75. The van der Waals surface area contributed by atoms with Gasteiger partial charge in [-0.2, -0.15) is 0 Å². The molecule has 78 valence electrons. The maximum absolute atomic E-state index is 10.8. The molecule has 0 aromatic carbocycles. The fourth-order valence-electron chi connectivity index (χ4n) is 1.70.